The predicted octanol–water partition coefficient (Wildman–Crippen LogP) is 5.91. The van der Waals surface area contributed by atoms with Crippen LogP contribution in [0.5, 0.6) is 11.6 Å². The molecule has 0 unspecified atom stereocenters. The maximum atomic E-state index is 10.4. The van der Waals surface area contributed by atoms with Crippen molar-refractivity contribution >= 4 is 33.4 Å². The summed E-state index contributed by atoms with van der Waals surface area (Å²) in [7, 11) is 1.59. The lowest BCUT2D eigenvalue weighted by atomic mass is 10.1. The van der Waals surface area contributed by atoms with Crippen molar-refractivity contribution in [2.24, 2.45) is 10.2 Å². The first-order valence-corrected chi connectivity index (χ1v) is 9.34. The van der Waals surface area contributed by atoms with Crippen molar-refractivity contribution < 1.29 is 9.84 Å². The van der Waals surface area contributed by atoms with Crippen LogP contribution in [0, 0.1) is 0 Å². The summed E-state index contributed by atoms with van der Waals surface area (Å²) in [6, 6.07) is 21.1. The monoisotopic (exact) mass is 395 g/mol. The van der Waals surface area contributed by atoms with Crippen LogP contribution in [0.3, 0.4) is 0 Å². The number of nitrogens with zero attached hydrogens (tertiary/aromatic N) is 4. The number of benzene rings is 2. The molecule has 0 amide bonds. The minimum absolute atomic E-state index is 0.0674. The van der Waals surface area contributed by atoms with Gasteiger partial charge < -0.3 is 14.8 Å². The maximum absolute atomic E-state index is 10.4. The van der Waals surface area contributed by atoms with E-state index >= 15 is 0 Å². The molecule has 5 rings (SSSR count). The van der Waals surface area contributed by atoms with Gasteiger partial charge in [0.05, 0.1) is 12.6 Å². The molecule has 5 aromatic rings. The van der Waals surface area contributed by atoms with Gasteiger partial charge in [0.25, 0.3) is 0 Å². The lowest BCUT2D eigenvalue weighted by Gasteiger charge is -2.06. The second kappa shape index (κ2) is 7.29. The summed E-state index contributed by atoms with van der Waals surface area (Å²) in [6.07, 6.45) is 1.69. The molecule has 3 aromatic heterocycles. The molecule has 7 heteroatoms. The van der Waals surface area contributed by atoms with Gasteiger partial charge in [0.2, 0.25) is 5.88 Å². The second-order valence-corrected chi connectivity index (χ2v) is 6.71. The molecule has 0 atom stereocenters. The summed E-state index contributed by atoms with van der Waals surface area (Å²) in [5.41, 5.74) is 3.44. The number of hydrogen-bond acceptors (Lipinski definition) is 6. The summed E-state index contributed by atoms with van der Waals surface area (Å²) in [6.45, 7) is 0. The number of H-pyrrole nitrogens is 1. The summed E-state index contributed by atoms with van der Waals surface area (Å²) < 4.78 is 5.29. The van der Waals surface area contributed by atoms with Crippen LogP contribution in [-0.2, 0) is 0 Å². The van der Waals surface area contributed by atoms with Crippen molar-refractivity contribution in [1.82, 2.24) is 15.0 Å². The zero-order valence-electron chi connectivity index (χ0n) is 16.1. The highest BCUT2D eigenvalue weighted by Crippen LogP contribution is 2.39. The van der Waals surface area contributed by atoms with Gasteiger partial charge in [-0.25, -0.2) is 9.97 Å². The Bertz CT molecular complexity index is 1390. The third kappa shape index (κ3) is 3.12. The molecular formula is C23H17N5O2. The third-order valence-corrected chi connectivity index (χ3v) is 4.86. The van der Waals surface area contributed by atoms with E-state index in [1.807, 2.05) is 60.7 Å². The van der Waals surface area contributed by atoms with Gasteiger partial charge >= 0.3 is 0 Å². The van der Waals surface area contributed by atoms with Crippen molar-refractivity contribution in [3.63, 3.8) is 0 Å². The van der Waals surface area contributed by atoms with E-state index in [-0.39, 0.29) is 5.88 Å². The molecule has 0 saturated heterocycles. The first-order chi connectivity index (χ1) is 14.7. The molecule has 146 valence electrons. The molecule has 7 nitrogen and oxygen atoms in total. The van der Waals surface area contributed by atoms with Crippen LogP contribution in [-0.4, -0.2) is 27.2 Å². The van der Waals surface area contributed by atoms with Crippen molar-refractivity contribution in [3.8, 4) is 22.8 Å². The van der Waals surface area contributed by atoms with Crippen LogP contribution in [0.1, 0.15) is 0 Å². The van der Waals surface area contributed by atoms with E-state index in [0.29, 0.717) is 28.3 Å². The molecule has 0 saturated carbocycles. The summed E-state index contributed by atoms with van der Waals surface area (Å²) in [5.74, 6) is 1.02. The Balaban J connectivity index is 1.67. The van der Waals surface area contributed by atoms with Gasteiger partial charge in [0.1, 0.15) is 5.75 Å². The molecule has 3 heterocycles. The Kier molecular flexibility index (Phi) is 4.33. The fraction of sp³-hybridized carbons (Fsp3) is 0.0435. The van der Waals surface area contributed by atoms with Gasteiger partial charge in [-0.2, -0.15) is 0 Å². The highest BCUT2D eigenvalue weighted by atomic mass is 16.5. The van der Waals surface area contributed by atoms with Gasteiger partial charge in [0.15, 0.2) is 17.2 Å². The van der Waals surface area contributed by atoms with E-state index in [1.54, 1.807) is 19.4 Å². The number of azo groups is 1. The Labute approximate surface area is 171 Å². The van der Waals surface area contributed by atoms with E-state index in [1.165, 1.54) is 0 Å². The van der Waals surface area contributed by atoms with E-state index in [0.717, 1.165) is 22.0 Å². The summed E-state index contributed by atoms with van der Waals surface area (Å²) in [4.78, 5) is 11.8. The molecule has 0 spiro atoms. The standard InChI is InChI=1S/C23H17N5O2/c1-30-16-9-10-19-18(13-16)20(23(29)25-19)27-28-22-17(14-6-3-2-4-7-14)12-15-8-5-11-24-21(15)26-22/h2-13,25,29H,1H3. The fourth-order valence-electron chi connectivity index (χ4n) is 3.37. The van der Waals surface area contributed by atoms with Crippen molar-refractivity contribution in [3.05, 3.63) is 72.9 Å². The van der Waals surface area contributed by atoms with Gasteiger partial charge in [-0.05, 0) is 42.0 Å². The SMILES string of the molecule is COc1ccc2[nH]c(O)c(N=Nc3nc4ncccc4cc3-c3ccccc3)c2c1. The minimum Gasteiger partial charge on any atom is -0.497 e. The number of hydrogen-bond donors (Lipinski definition) is 2. The highest BCUT2D eigenvalue weighted by molar-refractivity contribution is 5.95. The number of nitrogens with one attached hydrogen (secondary N) is 1. The zero-order chi connectivity index (χ0) is 20.5. The van der Waals surface area contributed by atoms with Crippen LogP contribution >= 0.6 is 0 Å². The highest BCUT2D eigenvalue weighted by Gasteiger charge is 2.13. The molecule has 2 aromatic carbocycles. The van der Waals surface area contributed by atoms with Gasteiger partial charge in [-0.3, -0.25) is 0 Å². The quantitative estimate of drug-likeness (QED) is 0.370. The second-order valence-electron chi connectivity index (χ2n) is 6.71. The molecule has 30 heavy (non-hydrogen) atoms. The van der Waals surface area contributed by atoms with E-state index in [4.69, 9.17) is 4.74 Å². The van der Waals surface area contributed by atoms with Crippen LogP contribution in [0.4, 0.5) is 11.5 Å². The molecule has 0 radical (unpaired) electrons. The van der Waals surface area contributed by atoms with Gasteiger partial charge in [-0.1, -0.05) is 30.3 Å². The van der Waals surface area contributed by atoms with Gasteiger partial charge in [0, 0.05) is 22.5 Å². The van der Waals surface area contributed by atoms with Crippen molar-refractivity contribution in [2.75, 3.05) is 7.11 Å². The number of fused-ring (bicyclic) bond motifs is 2. The molecular weight excluding hydrogens is 378 g/mol. The summed E-state index contributed by atoms with van der Waals surface area (Å²) >= 11 is 0. The molecule has 0 fully saturated rings. The number of rotatable bonds is 4. The Morgan fingerprint density at radius 1 is 0.967 bits per heavy atom. The number of methoxy groups -OCH3 is 1. The topological polar surface area (TPSA) is 95.8 Å². The maximum Gasteiger partial charge on any atom is 0.218 e. The number of aromatic hydroxyl groups is 1. The summed E-state index contributed by atoms with van der Waals surface area (Å²) in [5, 5.41) is 20.7. The van der Waals surface area contributed by atoms with Crippen molar-refractivity contribution in [2.45, 2.75) is 0 Å². The fourth-order valence-corrected chi connectivity index (χ4v) is 3.37. The third-order valence-electron chi connectivity index (χ3n) is 4.86. The van der Waals surface area contributed by atoms with Gasteiger partial charge in [-0.15, -0.1) is 10.2 Å². The number of aromatic amines is 1. The number of aromatic nitrogens is 3. The van der Waals surface area contributed by atoms with Crippen LogP contribution in [0.15, 0.2) is 83.2 Å². The smallest absolute Gasteiger partial charge is 0.218 e. The average molecular weight is 395 g/mol. The lowest BCUT2D eigenvalue weighted by Crippen LogP contribution is -1.87. The Morgan fingerprint density at radius 3 is 2.67 bits per heavy atom. The van der Waals surface area contributed by atoms with Crippen LogP contribution in [0.25, 0.3) is 33.1 Å². The Morgan fingerprint density at radius 2 is 1.83 bits per heavy atom. The first kappa shape index (κ1) is 17.8. The molecule has 0 aliphatic carbocycles. The largest absolute Gasteiger partial charge is 0.497 e. The van der Waals surface area contributed by atoms with E-state index in [2.05, 4.69) is 25.2 Å². The van der Waals surface area contributed by atoms with Crippen molar-refractivity contribution in [1.29, 1.82) is 0 Å². The molecule has 0 aliphatic heterocycles. The normalized spacial score (nSPS) is 11.5. The molecule has 2 N–H and O–H groups in total. The van der Waals surface area contributed by atoms with E-state index < -0.39 is 0 Å². The Hall–Kier alpha value is -4.26. The lowest BCUT2D eigenvalue weighted by molar-refractivity contribution is 0.415. The predicted molar refractivity (Wildman–Crippen MR) is 116 cm³/mol. The first-order valence-electron chi connectivity index (χ1n) is 9.34. The van der Waals surface area contributed by atoms with E-state index in [9.17, 15) is 5.11 Å². The minimum atomic E-state index is -0.0674. The zero-order valence-corrected chi connectivity index (χ0v) is 16.1. The van der Waals surface area contributed by atoms with Crippen LogP contribution < -0.4 is 4.74 Å². The average Bonchev–Trinajstić information content (AvgIpc) is 3.11. The molecule has 0 bridgehead atoms. The number of pyridine rings is 2. The molecule has 0 aliphatic rings. The number of ether oxygens (including phenoxy) is 1. The van der Waals surface area contributed by atoms with Crippen LogP contribution in [0.2, 0.25) is 0 Å².